The van der Waals surface area contributed by atoms with Gasteiger partial charge in [-0.05, 0) is 18.4 Å². The largest absolute Gasteiger partial charge is 0.447 e. The molecule has 6 nitrogen and oxygen atoms in total. The van der Waals surface area contributed by atoms with E-state index in [2.05, 4.69) is 15.2 Å². The summed E-state index contributed by atoms with van der Waals surface area (Å²) in [7, 11) is 0. The SMILES string of the molecule is CSc1nnc2c(n1)OC(c1cccc(Cl)c1Cl)N(C(C)=O)c1ccccc1-2. The highest BCUT2D eigenvalue weighted by atomic mass is 35.5. The molecule has 0 spiro atoms. The Balaban J connectivity index is 2.01. The molecular weight excluding hydrogens is 419 g/mol. The van der Waals surface area contributed by atoms with Crippen molar-refractivity contribution in [3.63, 3.8) is 0 Å². The van der Waals surface area contributed by atoms with E-state index in [4.69, 9.17) is 27.9 Å². The van der Waals surface area contributed by atoms with Crippen LogP contribution in [0.25, 0.3) is 11.3 Å². The third kappa shape index (κ3) is 3.19. The summed E-state index contributed by atoms with van der Waals surface area (Å²) in [5.74, 6) is 0.0518. The number of benzene rings is 2. The highest BCUT2D eigenvalue weighted by molar-refractivity contribution is 7.98. The lowest BCUT2D eigenvalue weighted by Gasteiger charge is -2.30. The van der Waals surface area contributed by atoms with Crippen LogP contribution in [0, 0.1) is 0 Å². The van der Waals surface area contributed by atoms with Gasteiger partial charge in [-0.25, -0.2) is 0 Å². The van der Waals surface area contributed by atoms with E-state index in [0.29, 0.717) is 37.7 Å². The van der Waals surface area contributed by atoms with E-state index in [1.165, 1.54) is 23.6 Å². The number of aromatic nitrogens is 3. The fraction of sp³-hybridized carbons (Fsp3) is 0.158. The van der Waals surface area contributed by atoms with Gasteiger partial charge in [0.2, 0.25) is 23.2 Å². The molecule has 0 fully saturated rings. The van der Waals surface area contributed by atoms with Crippen molar-refractivity contribution in [3.05, 3.63) is 58.1 Å². The van der Waals surface area contributed by atoms with Crippen molar-refractivity contribution in [2.75, 3.05) is 11.2 Å². The number of para-hydroxylation sites is 1. The molecule has 28 heavy (non-hydrogen) atoms. The fourth-order valence-electron chi connectivity index (χ4n) is 3.05. The summed E-state index contributed by atoms with van der Waals surface area (Å²) < 4.78 is 6.21. The van der Waals surface area contributed by atoms with Gasteiger partial charge in [-0.15, -0.1) is 10.2 Å². The number of nitrogens with zero attached hydrogens (tertiary/aromatic N) is 4. The van der Waals surface area contributed by atoms with Crippen molar-refractivity contribution in [1.29, 1.82) is 0 Å². The minimum absolute atomic E-state index is 0.223. The molecule has 0 aliphatic carbocycles. The second kappa shape index (κ2) is 7.58. The Labute approximate surface area is 175 Å². The lowest BCUT2D eigenvalue weighted by Crippen LogP contribution is -2.36. The smallest absolute Gasteiger partial charge is 0.247 e. The zero-order valence-electron chi connectivity index (χ0n) is 14.9. The molecule has 1 aliphatic heterocycles. The van der Waals surface area contributed by atoms with E-state index in [1.807, 2.05) is 30.5 Å². The number of halogens is 2. The van der Waals surface area contributed by atoms with Crippen molar-refractivity contribution in [2.45, 2.75) is 18.3 Å². The normalized spacial score (nSPS) is 15.3. The zero-order chi connectivity index (χ0) is 19.8. The van der Waals surface area contributed by atoms with Gasteiger partial charge >= 0.3 is 0 Å². The maximum absolute atomic E-state index is 12.7. The van der Waals surface area contributed by atoms with E-state index in [1.54, 1.807) is 18.2 Å². The van der Waals surface area contributed by atoms with Crippen molar-refractivity contribution in [1.82, 2.24) is 15.2 Å². The lowest BCUT2D eigenvalue weighted by molar-refractivity contribution is -0.118. The third-order valence-electron chi connectivity index (χ3n) is 4.28. The van der Waals surface area contributed by atoms with Gasteiger partial charge in [0.15, 0.2) is 5.69 Å². The maximum atomic E-state index is 12.7. The number of fused-ring (bicyclic) bond motifs is 3. The Bertz CT molecular complexity index is 1080. The van der Waals surface area contributed by atoms with Gasteiger partial charge < -0.3 is 4.74 Å². The highest BCUT2D eigenvalue weighted by Gasteiger charge is 2.35. The molecule has 9 heteroatoms. The van der Waals surface area contributed by atoms with Crippen LogP contribution < -0.4 is 9.64 Å². The van der Waals surface area contributed by atoms with Crippen LogP contribution in [0.1, 0.15) is 18.7 Å². The molecule has 0 bridgehead atoms. The molecular formula is C19H14Cl2N4O2S. The molecule has 0 saturated heterocycles. The molecule has 1 amide bonds. The monoisotopic (exact) mass is 432 g/mol. The second-order valence-corrected chi connectivity index (χ2v) is 7.53. The fourth-order valence-corrected chi connectivity index (χ4v) is 3.75. The number of ether oxygens (including phenoxy) is 1. The number of hydrogen-bond acceptors (Lipinski definition) is 6. The van der Waals surface area contributed by atoms with Crippen LogP contribution in [0.5, 0.6) is 5.88 Å². The van der Waals surface area contributed by atoms with E-state index >= 15 is 0 Å². The molecule has 0 saturated carbocycles. The van der Waals surface area contributed by atoms with Crippen LogP contribution in [0.15, 0.2) is 47.6 Å². The Hall–Kier alpha value is -2.35. The summed E-state index contributed by atoms with van der Waals surface area (Å²) in [4.78, 5) is 18.7. The Morgan fingerprint density at radius 1 is 1.14 bits per heavy atom. The summed E-state index contributed by atoms with van der Waals surface area (Å²) in [5, 5.41) is 9.56. The predicted octanol–water partition coefficient (Wildman–Crippen LogP) is 5.01. The number of amides is 1. The van der Waals surface area contributed by atoms with Crippen LogP contribution in [0.4, 0.5) is 5.69 Å². The first kappa shape index (κ1) is 19.0. The maximum Gasteiger partial charge on any atom is 0.247 e. The zero-order valence-corrected chi connectivity index (χ0v) is 17.2. The molecule has 1 atom stereocenters. The average molecular weight is 433 g/mol. The molecule has 1 unspecified atom stereocenters. The first-order valence-electron chi connectivity index (χ1n) is 8.29. The second-order valence-electron chi connectivity index (χ2n) is 5.97. The molecule has 142 valence electrons. The van der Waals surface area contributed by atoms with Crippen LogP contribution in [0.3, 0.4) is 0 Å². The average Bonchev–Trinajstić information content (AvgIpc) is 2.84. The standard InChI is InChI=1S/C19H14Cl2N4O2S/c1-10(26)25-14-9-4-3-6-11(14)16-17(22-19(28-2)24-23-16)27-18(25)12-7-5-8-13(20)15(12)21/h3-9,18H,1-2H3. The van der Waals surface area contributed by atoms with Crippen molar-refractivity contribution in [2.24, 2.45) is 0 Å². The van der Waals surface area contributed by atoms with Gasteiger partial charge in [0.25, 0.3) is 0 Å². The lowest BCUT2D eigenvalue weighted by atomic mass is 10.1. The van der Waals surface area contributed by atoms with Crippen molar-refractivity contribution >= 4 is 46.6 Å². The van der Waals surface area contributed by atoms with E-state index in [9.17, 15) is 4.79 Å². The molecule has 2 heterocycles. The molecule has 1 aromatic heterocycles. The molecule has 0 radical (unpaired) electrons. The van der Waals surface area contributed by atoms with Gasteiger partial charge in [0.05, 0.1) is 15.7 Å². The minimum Gasteiger partial charge on any atom is -0.447 e. The predicted molar refractivity (Wildman–Crippen MR) is 110 cm³/mol. The van der Waals surface area contributed by atoms with E-state index < -0.39 is 6.23 Å². The van der Waals surface area contributed by atoms with Crippen LogP contribution >= 0.6 is 35.0 Å². The number of anilines is 1. The number of carbonyl (C=O) groups is 1. The molecule has 0 N–H and O–H groups in total. The van der Waals surface area contributed by atoms with Gasteiger partial charge in [-0.2, -0.15) is 4.98 Å². The van der Waals surface area contributed by atoms with Crippen molar-refractivity contribution in [3.8, 4) is 17.1 Å². The summed E-state index contributed by atoms with van der Waals surface area (Å²) in [6.07, 6.45) is 0.985. The Morgan fingerprint density at radius 3 is 2.68 bits per heavy atom. The van der Waals surface area contributed by atoms with E-state index in [0.717, 1.165) is 0 Å². The summed E-state index contributed by atoms with van der Waals surface area (Å²) in [6.45, 7) is 1.47. The minimum atomic E-state index is -0.863. The first-order valence-corrected chi connectivity index (χ1v) is 10.3. The van der Waals surface area contributed by atoms with Crippen molar-refractivity contribution < 1.29 is 9.53 Å². The molecule has 2 aromatic carbocycles. The van der Waals surface area contributed by atoms with Crippen LogP contribution in [-0.4, -0.2) is 27.3 Å². The van der Waals surface area contributed by atoms with Gasteiger partial charge in [-0.3, -0.25) is 9.69 Å². The van der Waals surface area contributed by atoms with Gasteiger partial charge in [-0.1, -0.05) is 65.3 Å². The summed E-state index contributed by atoms with van der Waals surface area (Å²) in [6, 6.07) is 12.6. The quantitative estimate of drug-likeness (QED) is 0.530. The number of hydrogen-bond donors (Lipinski definition) is 0. The number of rotatable bonds is 2. The third-order valence-corrected chi connectivity index (χ3v) is 5.65. The number of thioether (sulfide) groups is 1. The van der Waals surface area contributed by atoms with Crippen LogP contribution in [-0.2, 0) is 4.79 Å². The van der Waals surface area contributed by atoms with Crippen LogP contribution in [0.2, 0.25) is 10.0 Å². The Morgan fingerprint density at radius 2 is 1.93 bits per heavy atom. The highest BCUT2D eigenvalue weighted by Crippen LogP contribution is 2.45. The van der Waals surface area contributed by atoms with E-state index in [-0.39, 0.29) is 11.8 Å². The topological polar surface area (TPSA) is 68.2 Å². The molecule has 1 aliphatic rings. The summed E-state index contributed by atoms with van der Waals surface area (Å²) in [5.41, 5.74) is 2.33. The molecule has 3 aromatic rings. The van der Waals surface area contributed by atoms with Gasteiger partial charge in [0.1, 0.15) is 0 Å². The first-order chi connectivity index (χ1) is 13.5. The summed E-state index contributed by atoms with van der Waals surface area (Å²) >= 11 is 14.0. The number of carbonyl (C=O) groups excluding carboxylic acids is 1. The molecule has 4 rings (SSSR count). The van der Waals surface area contributed by atoms with Gasteiger partial charge in [0, 0.05) is 18.1 Å². The Kier molecular flexibility index (Phi) is 5.14.